The quantitative estimate of drug-likeness (QED) is 0.240. The van der Waals surface area contributed by atoms with Gasteiger partial charge in [0, 0.05) is 30.9 Å². The van der Waals surface area contributed by atoms with Gasteiger partial charge in [-0.3, -0.25) is 14.4 Å². The molecular weight excluding hydrogens is 451 g/mol. The molecule has 2 amide bonds. The van der Waals surface area contributed by atoms with Gasteiger partial charge in [0.05, 0.1) is 12.0 Å². The van der Waals surface area contributed by atoms with E-state index < -0.39 is 35.8 Å². The van der Waals surface area contributed by atoms with Crippen molar-refractivity contribution in [3.8, 4) is 0 Å². The summed E-state index contributed by atoms with van der Waals surface area (Å²) in [6.45, 7) is 3.78. The largest absolute Gasteiger partial charge is 1.00 e. The van der Waals surface area contributed by atoms with Crippen LogP contribution < -0.4 is 45.3 Å². The number of aliphatic hydroxyl groups excluding tert-OH is 1. The molecule has 4 N–H and O–H groups in total. The number of carboxylic acid groups (broad SMARTS) is 2. The predicted molar refractivity (Wildman–Crippen MR) is 119 cm³/mol. The van der Waals surface area contributed by atoms with Gasteiger partial charge in [-0.25, -0.2) is 0 Å². The molecule has 0 spiro atoms. The number of hydrogen-bond donors (Lipinski definition) is 4. The fraction of sp³-hybridized carbons (Fsp3) is 0.833. The first kappa shape index (κ1) is 30.9. The van der Waals surface area contributed by atoms with Gasteiger partial charge >= 0.3 is 35.5 Å². The number of rotatable bonds is 11. The van der Waals surface area contributed by atoms with E-state index in [1.165, 1.54) is 6.92 Å². The van der Waals surface area contributed by atoms with Crippen molar-refractivity contribution in [2.24, 2.45) is 29.6 Å². The van der Waals surface area contributed by atoms with E-state index in [2.05, 4.69) is 10.6 Å². The first-order valence-corrected chi connectivity index (χ1v) is 12.3. The monoisotopic (exact) mass is 490 g/mol. The summed E-state index contributed by atoms with van der Waals surface area (Å²) in [5.74, 6) is -3.71. The molecule has 0 saturated heterocycles. The van der Waals surface area contributed by atoms with Gasteiger partial charge in [-0.15, -0.1) is 0 Å². The van der Waals surface area contributed by atoms with E-state index in [-0.39, 0.29) is 72.1 Å². The van der Waals surface area contributed by atoms with Gasteiger partial charge in [0.2, 0.25) is 11.8 Å². The number of carbonyl (C=O) groups excluding carboxylic acids is 3. The van der Waals surface area contributed by atoms with Gasteiger partial charge < -0.3 is 30.7 Å². The summed E-state index contributed by atoms with van der Waals surface area (Å²) in [4.78, 5) is 47.2. The Morgan fingerprint density at radius 3 is 2.21 bits per heavy atom. The third-order valence-corrected chi connectivity index (χ3v) is 7.38. The normalized spacial score (nSPS) is 28.6. The zero-order valence-corrected chi connectivity index (χ0v) is 22.8. The molecule has 2 fully saturated rings. The molecule has 2 aliphatic carbocycles. The molecule has 0 aromatic heterocycles. The first-order valence-electron chi connectivity index (χ1n) is 12.3. The molecule has 5 atom stereocenters. The van der Waals surface area contributed by atoms with E-state index in [1.807, 2.05) is 6.92 Å². The molecule has 0 radical (unpaired) electrons. The summed E-state index contributed by atoms with van der Waals surface area (Å²) in [5.41, 5.74) is 0. The molecule has 5 unspecified atom stereocenters. The van der Waals surface area contributed by atoms with Crippen molar-refractivity contribution < 1.29 is 64.1 Å². The Kier molecular flexibility index (Phi) is 13.7. The van der Waals surface area contributed by atoms with E-state index in [0.29, 0.717) is 32.2 Å². The van der Waals surface area contributed by atoms with Crippen LogP contribution >= 0.6 is 0 Å². The fourth-order valence-electron chi connectivity index (χ4n) is 5.15. The van der Waals surface area contributed by atoms with Crippen LogP contribution in [0.3, 0.4) is 0 Å². The number of nitrogens with one attached hydrogen (secondary N) is 2. The molecule has 10 heteroatoms. The average molecular weight is 491 g/mol. The molecular formula is C24H39N2NaO7. The summed E-state index contributed by atoms with van der Waals surface area (Å²) in [6.07, 6.45) is 4.92. The van der Waals surface area contributed by atoms with Crippen molar-refractivity contribution >= 4 is 23.8 Å². The minimum absolute atomic E-state index is 0. The van der Waals surface area contributed by atoms with Gasteiger partial charge in [-0.2, -0.15) is 0 Å². The predicted octanol–water partition coefficient (Wildman–Crippen LogP) is -2.16. The van der Waals surface area contributed by atoms with Gasteiger partial charge in [0.15, 0.2) is 0 Å². The van der Waals surface area contributed by atoms with Gasteiger partial charge in [-0.1, -0.05) is 13.8 Å². The van der Waals surface area contributed by atoms with Crippen molar-refractivity contribution in [3.05, 3.63) is 0 Å². The van der Waals surface area contributed by atoms with Crippen LogP contribution in [0.4, 0.5) is 0 Å². The van der Waals surface area contributed by atoms with E-state index >= 15 is 0 Å². The average Bonchev–Trinajstić information content (AvgIpc) is 2.77. The summed E-state index contributed by atoms with van der Waals surface area (Å²) in [6, 6.07) is 0.00542. The van der Waals surface area contributed by atoms with Gasteiger partial charge in [-0.05, 0) is 75.5 Å². The van der Waals surface area contributed by atoms with Crippen LogP contribution in [-0.4, -0.2) is 52.7 Å². The zero-order chi connectivity index (χ0) is 24.5. The molecule has 9 nitrogen and oxygen atoms in total. The molecule has 2 saturated carbocycles. The van der Waals surface area contributed by atoms with E-state index in [0.717, 1.165) is 25.7 Å². The minimum atomic E-state index is -1.16. The second-order valence-corrected chi connectivity index (χ2v) is 9.98. The molecule has 188 valence electrons. The standard InChI is InChI=1S/C24H40N2O7.Na/c1-3-17(10-14(2)24(32)33)22(30)25-13-16-6-9-20(27)19(11-16)23(31)26-18-7-4-15(5-8-18)12-21(28)29;/h14-20,27H,3-13H2,1-2H3,(H,25,30)(H,26,31)(H,28,29)(H,32,33);/q;+1/p-1. The van der Waals surface area contributed by atoms with Gasteiger partial charge in [0.25, 0.3) is 0 Å². The number of amides is 2. The summed E-state index contributed by atoms with van der Waals surface area (Å²) >= 11 is 0. The number of hydrogen-bond acceptors (Lipinski definition) is 6. The summed E-state index contributed by atoms with van der Waals surface area (Å²) in [7, 11) is 0. The maximum Gasteiger partial charge on any atom is 1.00 e. The third-order valence-electron chi connectivity index (χ3n) is 7.38. The maximum absolute atomic E-state index is 12.8. The molecule has 0 aromatic rings. The van der Waals surface area contributed by atoms with Crippen LogP contribution in [0.5, 0.6) is 0 Å². The Labute approximate surface area is 224 Å². The minimum Gasteiger partial charge on any atom is -0.550 e. The zero-order valence-electron chi connectivity index (χ0n) is 20.8. The van der Waals surface area contributed by atoms with Crippen molar-refractivity contribution in [1.29, 1.82) is 0 Å². The number of aliphatic hydroxyl groups is 1. The van der Waals surface area contributed by atoms with Crippen LogP contribution in [0.25, 0.3) is 0 Å². The Morgan fingerprint density at radius 2 is 1.65 bits per heavy atom. The van der Waals surface area contributed by atoms with E-state index in [9.17, 15) is 29.4 Å². The fourth-order valence-corrected chi connectivity index (χ4v) is 5.15. The SMILES string of the molecule is CCC(CC(C)C(=O)[O-])C(=O)NCC1CCC(O)C(C(=O)NC2CCC(CC(=O)O)CC2)C1.[Na+]. The molecule has 2 rings (SSSR count). The molecule has 2 aliphatic rings. The van der Waals surface area contributed by atoms with Crippen LogP contribution in [0, 0.1) is 29.6 Å². The van der Waals surface area contributed by atoms with Crippen molar-refractivity contribution in [1.82, 2.24) is 10.6 Å². The molecule has 34 heavy (non-hydrogen) atoms. The Balaban J connectivity index is 0.00000578. The Bertz CT molecular complexity index is 697. The second kappa shape index (κ2) is 15.1. The molecule has 0 heterocycles. The third kappa shape index (κ3) is 9.84. The second-order valence-electron chi connectivity index (χ2n) is 9.98. The molecule has 0 bridgehead atoms. The number of carboxylic acids is 2. The van der Waals surface area contributed by atoms with Crippen LogP contribution in [0.2, 0.25) is 0 Å². The molecule has 0 aromatic carbocycles. The Hall–Kier alpha value is -1.16. The summed E-state index contributed by atoms with van der Waals surface area (Å²) in [5, 5.41) is 36.3. The number of aliphatic carboxylic acids is 2. The molecule has 0 aliphatic heterocycles. The van der Waals surface area contributed by atoms with Gasteiger partial charge in [0.1, 0.15) is 0 Å². The van der Waals surface area contributed by atoms with Crippen molar-refractivity contribution in [2.45, 2.75) is 90.2 Å². The van der Waals surface area contributed by atoms with E-state index in [4.69, 9.17) is 5.11 Å². The Morgan fingerprint density at radius 1 is 1.03 bits per heavy atom. The first-order chi connectivity index (χ1) is 15.6. The summed E-state index contributed by atoms with van der Waals surface area (Å²) < 4.78 is 0. The van der Waals surface area contributed by atoms with Crippen LogP contribution in [0.1, 0.15) is 78.1 Å². The number of carbonyl (C=O) groups is 4. The maximum atomic E-state index is 12.8. The van der Waals surface area contributed by atoms with Crippen LogP contribution in [0.15, 0.2) is 0 Å². The smallest absolute Gasteiger partial charge is 0.550 e. The van der Waals surface area contributed by atoms with E-state index in [1.54, 1.807) is 0 Å². The topological polar surface area (TPSA) is 156 Å². The van der Waals surface area contributed by atoms with Crippen LogP contribution in [-0.2, 0) is 19.2 Å². The van der Waals surface area contributed by atoms with Crippen molar-refractivity contribution in [2.75, 3.05) is 6.54 Å². The van der Waals surface area contributed by atoms with Crippen molar-refractivity contribution in [3.63, 3.8) is 0 Å².